The first-order chi connectivity index (χ1) is 12.7. The van der Waals surface area contributed by atoms with Crippen LogP contribution in [0.2, 0.25) is 5.02 Å². The van der Waals surface area contributed by atoms with Gasteiger partial charge >= 0.3 is 0 Å². The summed E-state index contributed by atoms with van der Waals surface area (Å²) in [6.07, 6.45) is 7.22. The molecule has 1 aliphatic carbocycles. The molecule has 0 bridgehead atoms. The third-order valence-electron chi connectivity index (χ3n) is 5.15. The van der Waals surface area contributed by atoms with E-state index in [2.05, 4.69) is 16.0 Å². The minimum absolute atomic E-state index is 0.0104. The van der Waals surface area contributed by atoms with E-state index in [1.807, 2.05) is 23.1 Å². The molecule has 1 aromatic carbocycles. The Labute approximate surface area is 158 Å². The number of piperidine rings is 1. The fourth-order valence-electron chi connectivity index (χ4n) is 3.51. The number of likely N-dealkylation sites (tertiary alicyclic amines) is 1. The van der Waals surface area contributed by atoms with E-state index in [9.17, 15) is 4.79 Å². The van der Waals surface area contributed by atoms with Gasteiger partial charge < -0.3 is 9.32 Å². The zero-order chi connectivity index (χ0) is 17.9. The molecule has 1 saturated carbocycles. The highest BCUT2D eigenvalue weighted by Gasteiger charge is 2.31. The van der Waals surface area contributed by atoms with Crippen LogP contribution in [0.25, 0.3) is 0 Å². The summed E-state index contributed by atoms with van der Waals surface area (Å²) in [6, 6.07) is 8.47. The van der Waals surface area contributed by atoms with Gasteiger partial charge in [0.1, 0.15) is 6.26 Å². The normalized spacial score (nSPS) is 17.7. The molecule has 2 aliphatic rings. The number of halogens is 1. The topological polar surface area (TPSA) is 49.6 Å². The fourth-order valence-corrected chi connectivity index (χ4v) is 3.71. The molecule has 0 radical (unpaired) electrons. The summed E-state index contributed by atoms with van der Waals surface area (Å²) in [5.74, 6) is 0.591. The van der Waals surface area contributed by atoms with Crippen molar-refractivity contribution in [1.29, 1.82) is 0 Å². The molecule has 2 heterocycles. The van der Waals surface area contributed by atoms with Gasteiger partial charge in [-0.15, -0.1) is 0 Å². The number of benzene rings is 1. The van der Waals surface area contributed by atoms with E-state index < -0.39 is 0 Å². The molecule has 1 aliphatic heterocycles. The van der Waals surface area contributed by atoms with Gasteiger partial charge in [-0.2, -0.15) is 0 Å². The molecular weight excluding hydrogens is 350 g/mol. The van der Waals surface area contributed by atoms with Gasteiger partial charge in [-0.05, 0) is 43.7 Å². The number of amides is 1. The van der Waals surface area contributed by atoms with Gasteiger partial charge in [0.2, 0.25) is 5.89 Å². The molecule has 0 N–H and O–H groups in total. The average Bonchev–Trinajstić information content (AvgIpc) is 3.42. The van der Waals surface area contributed by atoms with Crippen LogP contribution in [0.1, 0.15) is 54.0 Å². The van der Waals surface area contributed by atoms with Crippen molar-refractivity contribution in [3.8, 4) is 0 Å². The lowest BCUT2D eigenvalue weighted by molar-refractivity contribution is 0.0718. The van der Waals surface area contributed by atoms with Gasteiger partial charge in [0.15, 0.2) is 5.69 Å². The van der Waals surface area contributed by atoms with Crippen molar-refractivity contribution in [3.63, 3.8) is 0 Å². The Bertz CT molecular complexity index is 766. The minimum atomic E-state index is -0.0104. The van der Waals surface area contributed by atoms with Crippen LogP contribution in [0.4, 0.5) is 0 Å². The summed E-state index contributed by atoms with van der Waals surface area (Å²) in [4.78, 5) is 21.2. The van der Waals surface area contributed by atoms with E-state index in [-0.39, 0.29) is 5.91 Å². The van der Waals surface area contributed by atoms with Crippen molar-refractivity contribution >= 4 is 17.5 Å². The Morgan fingerprint density at radius 2 is 1.96 bits per heavy atom. The van der Waals surface area contributed by atoms with E-state index in [0.29, 0.717) is 24.2 Å². The third-order valence-corrected chi connectivity index (χ3v) is 5.52. The molecule has 0 atom stereocenters. The maximum atomic E-state index is 12.6. The van der Waals surface area contributed by atoms with Crippen molar-refractivity contribution in [2.75, 3.05) is 13.1 Å². The van der Waals surface area contributed by atoms with E-state index in [1.165, 1.54) is 25.5 Å². The van der Waals surface area contributed by atoms with Gasteiger partial charge in [-0.3, -0.25) is 9.69 Å². The zero-order valence-corrected chi connectivity index (χ0v) is 15.6. The van der Waals surface area contributed by atoms with Crippen LogP contribution in [-0.4, -0.2) is 39.8 Å². The van der Waals surface area contributed by atoms with Crippen LogP contribution >= 0.6 is 11.6 Å². The smallest absolute Gasteiger partial charge is 0.275 e. The number of oxazole rings is 1. The van der Waals surface area contributed by atoms with Crippen LogP contribution in [0, 0.1) is 0 Å². The second-order valence-corrected chi connectivity index (χ2v) is 7.61. The number of hydrogen-bond donors (Lipinski definition) is 0. The summed E-state index contributed by atoms with van der Waals surface area (Å²) in [5.41, 5.74) is 1.53. The summed E-state index contributed by atoms with van der Waals surface area (Å²) in [5, 5.41) is 0.784. The quantitative estimate of drug-likeness (QED) is 0.764. The Morgan fingerprint density at radius 1 is 1.19 bits per heavy atom. The van der Waals surface area contributed by atoms with E-state index in [0.717, 1.165) is 43.1 Å². The number of rotatable bonds is 6. The Kier molecular flexibility index (Phi) is 5.27. The number of aromatic nitrogens is 1. The maximum Gasteiger partial charge on any atom is 0.275 e. The molecule has 2 aromatic rings. The van der Waals surface area contributed by atoms with Crippen LogP contribution in [0.15, 0.2) is 34.9 Å². The van der Waals surface area contributed by atoms with Crippen LogP contribution in [-0.2, 0) is 13.1 Å². The molecule has 6 heteroatoms. The van der Waals surface area contributed by atoms with E-state index in [1.54, 1.807) is 0 Å². The van der Waals surface area contributed by atoms with Gasteiger partial charge in [0.25, 0.3) is 5.91 Å². The van der Waals surface area contributed by atoms with Gasteiger partial charge in [-0.1, -0.05) is 29.8 Å². The minimum Gasteiger partial charge on any atom is -0.447 e. The lowest BCUT2D eigenvalue weighted by atomic mass is 10.1. The monoisotopic (exact) mass is 373 g/mol. The number of carbonyl (C=O) groups excluding carboxylic acids is 1. The van der Waals surface area contributed by atoms with Gasteiger partial charge in [0.05, 0.1) is 6.54 Å². The number of nitrogens with zero attached hydrogens (tertiary/aromatic N) is 3. The molecule has 1 saturated heterocycles. The molecule has 1 amide bonds. The third kappa shape index (κ3) is 4.10. The van der Waals surface area contributed by atoms with Crippen molar-refractivity contribution < 1.29 is 9.21 Å². The number of hydrogen-bond acceptors (Lipinski definition) is 4. The van der Waals surface area contributed by atoms with E-state index >= 15 is 0 Å². The van der Waals surface area contributed by atoms with Crippen molar-refractivity contribution in [2.45, 2.75) is 51.2 Å². The Balaban J connectivity index is 1.43. The molecule has 0 spiro atoms. The molecular formula is C20H24ClN3O2. The molecule has 138 valence electrons. The predicted octanol–water partition coefficient (Wildman–Crippen LogP) is 4.12. The van der Waals surface area contributed by atoms with Crippen LogP contribution in [0.3, 0.4) is 0 Å². The fraction of sp³-hybridized carbons (Fsp3) is 0.500. The predicted molar refractivity (Wildman–Crippen MR) is 100.0 cm³/mol. The second kappa shape index (κ2) is 7.80. The summed E-state index contributed by atoms with van der Waals surface area (Å²) >= 11 is 6.31. The summed E-state index contributed by atoms with van der Waals surface area (Å²) in [6.45, 7) is 3.01. The Morgan fingerprint density at radius 3 is 2.69 bits per heavy atom. The first kappa shape index (κ1) is 17.6. The van der Waals surface area contributed by atoms with Crippen LogP contribution < -0.4 is 0 Å². The highest BCUT2D eigenvalue weighted by atomic mass is 35.5. The molecule has 4 rings (SSSR count). The van der Waals surface area contributed by atoms with Crippen LogP contribution in [0.5, 0.6) is 0 Å². The zero-order valence-electron chi connectivity index (χ0n) is 14.9. The standard InChI is InChI=1S/C20H24ClN3O2/c21-17-7-3-2-6-15(17)12-24(16-8-9-16)13-19-22-18(14-26-19)20(25)23-10-4-1-5-11-23/h2-3,6-7,14,16H,1,4-5,8-13H2. The molecule has 5 nitrogen and oxygen atoms in total. The first-order valence-corrected chi connectivity index (χ1v) is 9.79. The van der Waals surface area contributed by atoms with Gasteiger partial charge in [0, 0.05) is 30.7 Å². The van der Waals surface area contributed by atoms with Crippen molar-refractivity contribution in [1.82, 2.24) is 14.8 Å². The SMILES string of the molecule is O=C(c1coc(CN(Cc2ccccc2Cl)C2CC2)n1)N1CCCCC1. The molecule has 1 aromatic heterocycles. The number of carbonyl (C=O) groups is 1. The van der Waals surface area contributed by atoms with Crippen molar-refractivity contribution in [3.05, 3.63) is 52.7 Å². The lowest BCUT2D eigenvalue weighted by Gasteiger charge is -2.25. The summed E-state index contributed by atoms with van der Waals surface area (Å²) < 4.78 is 5.62. The first-order valence-electron chi connectivity index (χ1n) is 9.42. The highest BCUT2D eigenvalue weighted by molar-refractivity contribution is 6.31. The van der Waals surface area contributed by atoms with Gasteiger partial charge in [-0.25, -0.2) is 4.98 Å². The lowest BCUT2D eigenvalue weighted by Crippen LogP contribution is -2.35. The van der Waals surface area contributed by atoms with Crippen molar-refractivity contribution in [2.24, 2.45) is 0 Å². The Hall–Kier alpha value is -1.85. The second-order valence-electron chi connectivity index (χ2n) is 7.21. The highest BCUT2D eigenvalue weighted by Crippen LogP contribution is 2.31. The molecule has 26 heavy (non-hydrogen) atoms. The largest absolute Gasteiger partial charge is 0.447 e. The maximum absolute atomic E-state index is 12.6. The summed E-state index contributed by atoms with van der Waals surface area (Å²) in [7, 11) is 0. The average molecular weight is 374 g/mol. The molecule has 0 unspecified atom stereocenters. The van der Waals surface area contributed by atoms with E-state index in [4.69, 9.17) is 16.0 Å². The molecule has 2 fully saturated rings.